The molecule has 2 N–H and O–H groups in total. The molecule has 2 aromatic heterocycles. The van der Waals surface area contributed by atoms with Gasteiger partial charge in [-0.2, -0.15) is 0 Å². The number of nitrogens with zero attached hydrogens (tertiary/aromatic N) is 2. The first-order valence-corrected chi connectivity index (χ1v) is 15.5. The van der Waals surface area contributed by atoms with Crippen LogP contribution in [0.2, 0.25) is 0 Å². The van der Waals surface area contributed by atoms with Gasteiger partial charge in [-0.1, -0.05) is 98.8 Å². The highest BCUT2D eigenvalue weighted by atomic mass is 16.2. The Morgan fingerprint density at radius 3 is 1.53 bits per heavy atom. The van der Waals surface area contributed by atoms with Gasteiger partial charge in [0, 0.05) is 34.5 Å². The van der Waals surface area contributed by atoms with Crippen LogP contribution in [0.15, 0.2) is 109 Å². The maximum absolute atomic E-state index is 13.6. The van der Waals surface area contributed by atoms with Gasteiger partial charge >= 0.3 is 0 Å². The Balaban J connectivity index is 1.21. The number of fused-ring (bicyclic) bond motifs is 2. The molecule has 45 heavy (non-hydrogen) atoms. The van der Waals surface area contributed by atoms with E-state index in [1.54, 1.807) is 0 Å². The van der Waals surface area contributed by atoms with Gasteiger partial charge < -0.3 is 10.6 Å². The molecule has 0 aliphatic heterocycles. The molecular weight excluding hydrogens is 556 g/mol. The molecule has 6 rings (SSSR count). The summed E-state index contributed by atoms with van der Waals surface area (Å²) in [6.45, 7) is 6.39. The third kappa shape index (κ3) is 6.46. The molecule has 2 amide bonds. The lowest BCUT2D eigenvalue weighted by molar-refractivity contribution is 0.0914. The van der Waals surface area contributed by atoms with Crippen molar-refractivity contribution in [2.75, 3.05) is 6.54 Å². The van der Waals surface area contributed by atoms with Gasteiger partial charge in [0.25, 0.3) is 11.8 Å². The maximum Gasteiger partial charge on any atom is 0.252 e. The van der Waals surface area contributed by atoms with Gasteiger partial charge in [0.15, 0.2) is 0 Å². The Labute approximate surface area is 263 Å². The first kappa shape index (κ1) is 29.7. The average molecular weight is 593 g/mol. The number of nitrogens with one attached hydrogen (secondary N) is 2. The van der Waals surface area contributed by atoms with Gasteiger partial charge in [0.2, 0.25) is 0 Å². The van der Waals surface area contributed by atoms with Gasteiger partial charge in [-0.3, -0.25) is 9.59 Å². The maximum atomic E-state index is 13.6. The quantitative estimate of drug-likeness (QED) is 0.180. The van der Waals surface area contributed by atoms with Crippen LogP contribution in [0.1, 0.15) is 52.6 Å². The van der Waals surface area contributed by atoms with Crippen molar-refractivity contribution in [3.63, 3.8) is 0 Å². The summed E-state index contributed by atoms with van der Waals surface area (Å²) >= 11 is 0. The molecular formula is C39H36N4O2. The average Bonchev–Trinajstić information content (AvgIpc) is 3.09. The molecule has 4 aromatic carbocycles. The van der Waals surface area contributed by atoms with E-state index in [2.05, 4.69) is 48.7 Å². The van der Waals surface area contributed by atoms with E-state index in [1.807, 2.05) is 91.9 Å². The van der Waals surface area contributed by atoms with Crippen LogP contribution >= 0.6 is 0 Å². The second-order valence-electron chi connectivity index (χ2n) is 11.3. The Bertz CT molecular complexity index is 2000. The number of benzene rings is 4. The lowest BCUT2D eigenvalue weighted by Gasteiger charge is -2.17. The normalized spacial score (nSPS) is 11.8. The lowest BCUT2D eigenvalue weighted by Crippen LogP contribution is -2.42. The van der Waals surface area contributed by atoms with Crippen molar-refractivity contribution < 1.29 is 9.59 Å². The van der Waals surface area contributed by atoms with Crippen LogP contribution in [-0.2, 0) is 12.8 Å². The number of amides is 2. The molecule has 6 aromatic rings. The van der Waals surface area contributed by atoms with Gasteiger partial charge in [-0.05, 0) is 55.2 Å². The fourth-order valence-electron chi connectivity index (χ4n) is 5.54. The standard InChI is InChI=1S/C39H36N4O2/c1-4-26-14-18-28(19-15-26)36-22-32(30-10-6-8-12-34(30)42-36)38(44)40-24-25(3)41-39(45)33-23-37(29-20-16-27(5-2)17-21-29)43-35-13-9-7-11-31(33)35/h6-23,25H,4-5,24H2,1-3H3,(H,40,44)(H,41,45)/t25-/m0/s1. The van der Waals surface area contributed by atoms with Crippen molar-refractivity contribution in [3.8, 4) is 22.5 Å². The van der Waals surface area contributed by atoms with E-state index in [1.165, 1.54) is 11.1 Å². The monoisotopic (exact) mass is 592 g/mol. The Kier molecular flexibility index (Phi) is 8.65. The van der Waals surface area contributed by atoms with Crippen LogP contribution in [0.5, 0.6) is 0 Å². The van der Waals surface area contributed by atoms with Gasteiger partial charge in [0.05, 0.1) is 33.5 Å². The molecule has 0 spiro atoms. The minimum Gasteiger partial charge on any atom is -0.350 e. The first-order valence-electron chi connectivity index (χ1n) is 15.5. The lowest BCUT2D eigenvalue weighted by atomic mass is 10.0. The Morgan fingerprint density at radius 1 is 0.622 bits per heavy atom. The van der Waals surface area contributed by atoms with Crippen LogP contribution in [0, 0.1) is 0 Å². The number of aromatic nitrogens is 2. The zero-order valence-electron chi connectivity index (χ0n) is 25.8. The number of carbonyl (C=O) groups excluding carboxylic acids is 2. The summed E-state index contributed by atoms with van der Waals surface area (Å²) in [5.74, 6) is -0.428. The molecule has 0 aliphatic carbocycles. The molecule has 6 nitrogen and oxygen atoms in total. The molecule has 0 bridgehead atoms. The van der Waals surface area contributed by atoms with Crippen LogP contribution in [0.3, 0.4) is 0 Å². The highest BCUT2D eigenvalue weighted by molar-refractivity contribution is 6.08. The topological polar surface area (TPSA) is 84.0 Å². The van der Waals surface area contributed by atoms with Crippen molar-refractivity contribution in [2.45, 2.75) is 39.7 Å². The zero-order chi connectivity index (χ0) is 31.3. The van der Waals surface area contributed by atoms with Crippen molar-refractivity contribution in [3.05, 3.63) is 131 Å². The molecule has 224 valence electrons. The predicted octanol–water partition coefficient (Wildman–Crippen LogP) is 7.79. The number of hydrogen-bond donors (Lipinski definition) is 2. The van der Waals surface area contributed by atoms with Gasteiger partial charge in [-0.15, -0.1) is 0 Å². The highest BCUT2D eigenvalue weighted by Crippen LogP contribution is 2.27. The summed E-state index contributed by atoms with van der Waals surface area (Å²) in [7, 11) is 0. The van der Waals surface area contributed by atoms with E-state index in [0.717, 1.165) is 57.2 Å². The van der Waals surface area contributed by atoms with E-state index < -0.39 is 0 Å². The third-order valence-corrected chi connectivity index (χ3v) is 8.18. The number of pyridine rings is 2. The van der Waals surface area contributed by atoms with Crippen molar-refractivity contribution in [2.24, 2.45) is 0 Å². The van der Waals surface area contributed by atoms with E-state index in [0.29, 0.717) is 11.1 Å². The molecule has 0 saturated heterocycles. The summed E-state index contributed by atoms with van der Waals surface area (Å²) in [5, 5.41) is 7.68. The number of carbonyl (C=O) groups is 2. The summed E-state index contributed by atoms with van der Waals surface area (Å²) in [6.07, 6.45) is 1.91. The van der Waals surface area contributed by atoms with Crippen LogP contribution < -0.4 is 10.6 Å². The second-order valence-corrected chi connectivity index (χ2v) is 11.3. The summed E-state index contributed by atoms with van der Waals surface area (Å²) in [5.41, 5.74) is 8.50. The number of hydrogen-bond acceptors (Lipinski definition) is 4. The highest BCUT2D eigenvalue weighted by Gasteiger charge is 2.18. The fraction of sp³-hybridized carbons (Fsp3) is 0.179. The molecule has 2 heterocycles. The molecule has 0 fully saturated rings. The fourth-order valence-corrected chi connectivity index (χ4v) is 5.54. The Morgan fingerprint density at radius 2 is 1.07 bits per heavy atom. The molecule has 0 saturated carbocycles. The van der Waals surface area contributed by atoms with Gasteiger partial charge in [0.1, 0.15) is 0 Å². The molecule has 0 aliphatic rings. The SMILES string of the molecule is CCc1ccc(-c2cc(C(=O)NC[C@H](C)NC(=O)c3cc(-c4ccc(CC)cc4)nc4ccccc34)c3ccccc3n2)cc1. The summed E-state index contributed by atoms with van der Waals surface area (Å²) in [6, 6.07) is 35.2. The molecule has 0 unspecified atom stereocenters. The minimum atomic E-state index is -0.324. The van der Waals surface area contributed by atoms with Crippen molar-refractivity contribution >= 4 is 33.6 Å². The van der Waals surface area contributed by atoms with Crippen LogP contribution in [-0.4, -0.2) is 34.4 Å². The van der Waals surface area contributed by atoms with Gasteiger partial charge in [-0.25, -0.2) is 9.97 Å². The number of aryl methyl sites for hydroxylation is 2. The summed E-state index contributed by atoms with van der Waals surface area (Å²) < 4.78 is 0. The molecule has 0 radical (unpaired) electrons. The molecule has 6 heteroatoms. The van der Waals surface area contributed by atoms with E-state index in [9.17, 15) is 9.59 Å². The van der Waals surface area contributed by atoms with E-state index in [4.69, 9.17) is 9.97 Å². The second kappa shape index (κ2) is 13.1. The Hall–Kier alpha value is -5.36. The minimum absolute atomic E-state index is 0.214. The first-order chi connectivity index (χ1) is 21.9. The van der Waals surface area contributed by atoms with Crippen LogP contribution in [0.25, 0.3) is 44.3 Å². The molecule has 1 atom stereocenters. The predicted molar refractivity (Wildman–Crippen MR) is 182 cm³/mol. The van der Waals surface area contributed by atoms with Crippen LogP contribution in [0.4, 0.5) is 0 Å². The largest absolute Gasteiger partial charge is 0.350 e. The number of rotatable bonds is 9. The summed E-state index contributed by atoms with van der Waals surface area (Å²) in [4.78, 5) is 36.9. The number of para-hydroxylation sites is 2. The zero-order valence-corrected chi connectivity index (χ0v) is 25.8. The van der Waals surface area contributed by atoms with Crippen molar-refractivity contribution in [1.82, 2.24) is 20.6 Å². The van der Waals surface area contributed by atoms with Crippen molar-refractivity contribution in [1.29, 1.82) is 0 Å². The van der Waals surface area contributed by atoms with E-state index >= 15 is 0 Å². The van der Waals surface area contributed by atoms with E-state index in [-0.39, 0.29) is 24.4 Å². The smallest absolute Gasteiger partial charge is 0.252 e. The third-order valence-electron chi connectivity index (χ3n) is 8.18.